The lowest BCUT2D eigenvalue weighted by molar-refractivity contribution is 1.19. The molecule has 2 nitrogen and oxygen atoms in total. The Hall–Kier alpha value is -4.30. The van der Waals surface area contributed by atoms with Crippen molar-refractivity contribution in [2.45, 2.75) is 6.92 Å². The number of hydrogen-bond donors (Lipinski definition) is 0. The fourth-order valence-electron chi connectivity index (χ4n) is 4.56. The summed E-state index contributed by atoms with van der Waals surface area (Å²) in [7, 11) is 0. The van der Waals surface area contributed by atoms with Crippen LogP contribution < -0.4 is 0 Å². The average Bonchev–Trinajstić information content (AvgIpc) is 2.88. The van der Waals surface area contributed by atoms with Crippen molar-refractivity contribution in [2.75, 3.05) is 0 Å². The van der Waals surface area contributed by atoms with E-state index < -0.39 is 0 Å². The van der Waals surface area contributed by atoms with E-state index in [0.29, 0.717) is 0 Å². The molecule has 6 aromatic rings. The van der Waals surface area contributed by atoms with Gasteiger partial charge in [-0.25, -0.2) is 9.97 Å². The minimum atomic E-state index is 0.917. The van der Waals surface area contributed by atoms with E-state index in [1.807, 2.05) is 31.2 Å². The molecule has 0 amide bonds. The van der Waals surface area contributed by atoms with Gasteiger partial charge in [0.2, 0.25) is 0 Å². The molecule has 2 heteroatoms. The summed E-state index contributed by atoms with van der Waals surface area (Å²) in [6, 6.07) is 40.2. The van der Waals surface area contributed by atoms with Crippen molar-refractivity contribution >= 4 is 21.8 Å². The molecule has 1 aromatic heterocycles. The molecule has 0 aliphatic heterocycles. The predicted octanol–water partition coefficient (Wildman–Crippen LogP) is 8.09. The van der Waals surface area contributed by atoms with E-state index in [-0.39, 0.29) is 0 Å². The number of rotatable bonds is 3. The zero-order valence-corrected chi connectivity index (χ0v) is 18.4. The molecular formula is C31H22N2. The number of benzene rings is 5. The monoisotopic (exact) mass is 422 g/mol. The van der Waals surface area contributed by atoms with E-state index in [1.165, 1.54) is 21.9 Å². The SMILES string of the molecule is Cc1nc2c(-c3ccc(-c4ccccc4)cc3)c3ccccc3cc2nc1-c1ccccc1. The van der Waals surface area contributed by atoms with E-state index >= 15 is 0 Å². The third kappa shape index (κ3) is 3.46. The number of aryl methyl sites for hydroxylation is 1. The Morgan fingerprint density at radius 3 is 1.82 bits per heavy atom. The lowest BCUT2D eigenvalue weighted by Crippen LogP contribution is -1.97. The molecule has 0 N–H and O–H groups in total. The molecule has 33 heavy (non-hydrogen) atoms. The molecule has 0 radical (unpaired) electrons. The largest absolute Gasteiger partial charge is 0.249 e. The van der Waals surface area contributed by atoms with Gasteiger partial charge in [0.25, 0.3) is 0 Å². The number of fused-ring (bicyclic) bond motifs is 2. The van der Waals surface area contributed by atoms with Crippen LogP contribution in [0.15, 0.2) is 115 Å². The molecule has 0 spiro atoms. The summed E-state index contributed by atoms with van der Waals surface area (Å²) in [5.74, 6) is 0. The number of nitrogens with zero attached hydrogens (tertiary/aromatic N) is 2. The van der Waals surface area contributed by atoms with E-state index in [2.05, 4.69) is 91.0 Å². The van der Waals surface area contributed by atoms with Crippen molar-refractivity contribution in [1.82, 2.24) is 9.97 Å². The van der Waals surface area contributed by atoms with E-state index in [0.717, 1.165) is 39.1 Å². The predicted molar refractivity (Wildman–Crippen MR) is 138 cm³/mol. The van der Waals surface area contributed by atoms with Crippen LogP contribution in [0.5, 0.6) is 0 Å². The second-order valence-electron chi connectivity index (χ2n) is 8.31. The molecule has 0 saturated carbocycles. The van der Waals surface area contributed by atoms with Gasteiger partial charge in [0.15, 0.2) is 0 Å². The minimum absolute atomic E-state index is 0.917. The van der Waals surface area contributed by atoms with Gasteiger partial charge in [-0.2, -0.15) is 0 Å². The molecule has 0 aliphatic rings. The fourth-order valence-corrected chi connectivity index (χ4v) is 4.56. The highest BCUT2D eigenvalue weighted by Crippen LogP contribution is 2.37. The quantitative estimate of drug-likeness (QED) is 0.269. The first kappa shape index (κ1) is 19.4. The van der Waals surface area contributed by atoms with Gasteiger partial charge < -0.3 is 0 Å². The van der Waals surface area contributed by atoms with Gasteiger partial charge in [-0.05, 0) is 40.5 Å². The van der Waals surface area contributed by atoms with Gasteiger partial charge in [-0.15, -0.1) is 0 Å². The molecule has 5 aromatic carbocycles. The zero-order chi connectivity index (χ0) is 22.2. The van der Waals surface area contributed by atoms with E-state index in [1.54, 1.807) is 0 Å². The van der Waals surface area contributed by atoms with Gasteiger partial charge in [-0.1, -0.05) is 109 Å². The molecular weight excluding hydrogens is 400 g/mol. The van der Waals surface area contributed by atoms with Crippen LogP contribution in [0.1, 0.15) is 5.69 Å². The topological polar surface area (TPSA) is 25.8 Å². The van der Waals surface area contributed by atoms with Crippen LogP contribution in [-0.4, -0.2) is 9.97 Å². The van der Waals surface area contributed by atoms with Crippen LogP contribution >= 0.6 is 0 Å². The molecule has 6 rings (SSSR count). The molecule has 0 unspecified atom stereocenters. The Kier molecular flexibility index (Phi) is 4.70. The van der Waals surface area contributed by atoms with Crippen LogP contribution in [0.4, 0.5) is 0 Å². The first-order valence-corrected chi connectivity index (χ1v) is 11.2. The van der Waals surface area contributed by atoms with Crippen LogP contribution in [-0.2, 0) is 0 Å². The van der Waals surface area contributed by atoms with E-state index in [9.17, 15) is 0 Å². The summed E-state index contributed by atoms with van der Waals surface area (Å²) >= 11 is 0. The van der Waals surface area contributed by atoms with Crippen molar-refractivity contribution in [3.63, 3.8) is 0 Å². The van der Waals surface area contributed by atoms with Crippen molar-refractivity contribution in [3.8, 4) is 33.5 Å². The smallest absolute Gasteiger partial charge is 0.0975 e. The molecule has 0 atom stereocenters. The second kappa shape index (κ2) is 7.99. The number of aromatic nitrogens is 2. The Labute approximate surface area is 193 Å². The first-order chi connectivity index (χ1) is 16.3. The highest BCUT2D eigenvalue weighted by Gasteiger charge is 2.15. The highest BCUT2D eigenvalue weighted by molar-refractivity contribution is 6.10. The summed E-state index contributed by atoms with van der Waals surface area (Å²) in [6.45, 7) is 2.05. The van der Waals surface area contributed by atoms with Crippen molar-refractivity contribution in [1.29, 1.82) is 0 Å². The summed E-state index contributed by atoms with van der Waals surface area (Å²) in [5.41, 5.74) is 9.53. The lowest BCUT2D eigenvalue weighted by atomic mass is 9.94. The lowest BCUT2D eigenvalue weighted by Gasteiger charge is -2.14. The molecule has 0 aliphatic carbocycles. The second-order valence-corrected chi connectivity index (χ2v) is 8.31. The van der Waals surface area contributed by atoms with Crippen LogP contribution in [0.3, 0.4) is 0 Å². The Bertz CT molecular complexity index is 1590. The van der Waals surface area contributed by atoms with Crippen LogP contribution in [0.25, 0.3) is 55.3 Å². The summed E-state index contributed by atoms with van der Waals surface area (Å²) in [6.07, 6.45) is 0. The average molecular weight is 423 g/mol. The van der Waals surface area contributed by atoms with Gasteiger partial charge in [0.1, 0.15) is 0 Å². The van der Waals surface area contributed by atoms with Gasteiger partial charge >= 0.3 is 0 Å². The van der Waals surface area contributed by atoms with Crippen LogP contribution in [0, 0.1) is 6.92 Å². The van der Waals surface area contributed by atoms with Gasteiger partial charge in [-0.3, -0.25) is 0 Å². The minimum Gasteiger partial charge on any atom is -0.249 e. The summed E-state index contributed by atoms with van der Waals surface area (Å²) in [4.78, 5) is 10.2. The Balaban J connectivity index is 1.59. The maximum atomic E-state index is 5.10. The van der Waals surface area contributed by atoms with Crippen molar-refractivity contribution in [3.05, 3.63) is 121 Å². The molecule has 0 saturated heterocycles. The summed E-state index contributed by atoms with van der Waals surface area (Å²) in [5, 5.41) is 2.36. The fraction of sp³-hybridized carbons (Fsp3) is 0.0323. The zero-order valence-electron chi connectivity index (χ0n) is 18.4. The van der Waals surface area contributed by atoms with Crippen molar-refractivity contribution < 1.29 is 0 Å². The Morgan fingerprint density at radius 2 is 1.09 bits per heavy atom. The van der Waals surface area contributed by atoms with Gasteiger partial charge in [0, 0.05) is 11.1 Å². The first-order valence-electron chi connectivity index (χ1n) is 11.2. The maximum Gasteiger partial charge on any atom is 0.0975 e. The standard InChI is InChI=1S/C31H22N2/c1-21-30(25-12-6-3-7-13-25)33-28-20-26-14-8-9-15-27(26)29(31(28)32-21)24-18-16-23(17-19-24)22-10-4-2-5-11-22/h2-20H,1H3. The third-order valence-electron chi connectivity index (χ3n) is 6.18. The van der Waals surface area contributed by atoms with Crippen molar-refractivity contribution in [2.24, 2.45) is 0 Å². The van der Waals surface area contributed by atoms with Gasteiger partial charge in [0.05, 0.1) is 22.4 Å². The molecule has 0 fully saturated rings. The number of hydrogen-bond acceptors (Lipinski definition) is 2. The highest BCUT2D eigenvalue weighted by atomic mass is 14.8. The maximum absolute atomic E-state index is 5.10. The van der Waals surface area contributed by atoms with Crippen LogP contribution in [0.2, 0.25) is 0 Å². The Morgan fingerprint density at radius 1 is 0.515 bits per heavy atom. The normalized spacial score (nSPS) is 11.2. The third-order valence-corrected chi connectivity index (χ3v) is 6.18. The molecule has 0 bridgehead atoms. The molecule has 1 heterocycles. The molecule has 156 valence electrons. The van der Waals surface area contributed by atoms with E-state index in [4.69, 9.17) is 9.97 Å². The summed E-state index contributed by atoms with van der Waals surface area (Å²) < 4.78 is 0.